The Labute approximate surface area is 192 Å². The summed E-state index contributed by atoms with van der Waals surface area (Å²) in [5.74, 6) is 0.304. The van der Waals surface area contributed by atoms with Gasteiger partial charge in [0.2, 0.25) is 5.88 Å². The van der Waals surface area contributed by atoms with Crippen LogP contribution in [0.1, 0.15) is 27.3 Å². The van der Waals surface area contributed by atoms with Gasteiger partial charge >= 0.3 is 6.18 Å². The number of fused-ring (bicyclic) bond motifs is 2. The third-order valence-corrected chi connectivity index (χ3v) is 5.78. The van der Waals surface area contributed by atoms with Gasteiger partial charge in [0.15, 0.2) is 5.69 Å². The molecule has 1 amide bonds. The summed E-state index contributed by atoms with van der Waals surface area (Å²) in [4.78, 5) is 17.7. The first kappa shape index (κ1) is 22.2. The van der Waals surface area contributed by atoms with Crippen LogP contribution in [0.4, 0.5) is 13.2 Å². The maximum Gasteiger partial charge on any atom is 0.416 e. The maximum atomic E-state index is 13.3. The van der Waals surface area contributed by atoms with Gasteiger partial charge in [-0.1, -0.05) is 6.07 Å². The van der Waals surface area contributed by atoms with Crippen molar-refractivity contribution in [3.63, 3.8) is 0 Å². The zero-order valence-corrected chi connectivity index (χ0v) is 18.2. The Morgan fingerprint density at radius 3 is 2.91 bits per heavy atom. The number of carbonyl (C=O) groups excluding carboxylic acids is 1. The number of hydrogen-bond donors (Lipinski definition) is 1. The molecule has 0 unspecified atom stereocenters. The third-order valence-electron chi connectivity index (χ3n) is 5.78. The normalized spacial score (nSPS) is 17.4. The Bertz CT molecular complexity index is 1240. The molecule has 4 heterocycles. The van der Waals surface area contributed by atoms with Crippen LogP contribution in [-0.4, -0.2) is 47.0 Å². The van der Waals surface area contributed by atoms with E-state index in [4.69, 9.17) is 14.2 Å². The molecule has 0 bridgehead atoms. The molecule has 0 saturated heterocycles. The fourth-order valence-electron chi connectivity index (χ4n) is 4.16. The van der Waals surface area contributed by atoms with Crippen molar-refractivity contribution in [1.29, 1.82) is 0 Å². The van der Waals surface area contributed by atoms with E-state index >= 15 is 0 Å². The van der Waals surface area contributed by atoms with E-state index in [-0.39, 0.29) is 25.3 Å². The van der Waals surface area contributed by atoms with Crippen molar-refractivity contribution in [2.45, 2.75) is 31.8 Å². The number of alkyl halides is 3. The molecule has 1 aromatic carbocycles. The zero-order chi connectivity index (χ0) is 23.9. The van der Waals surface area contributed by atoms with Crippen LogP contribution in [0.2, 0.25) is 0 Å². The van der Waals surface area contributed by atoms with Crippen molar-refractivity contribution in [3.05, 3.63) is 58.9 Å². The Kier molecular flexibility index (Phi) is 5.64. The van der Waals surface area contributed by atoms with Crippen molar-refractivity contribution in [3.8, 4) is 22.9 Å². The number of nitrogens with one attached hydrogen (secondary N) is 1. The second-order valence-electron chi connectivity index (χ2n) is 8.02. The van der Waals surface area contributed by atoms with Gasteiger partial charge in [-0.3, -0.25) is 9.48 Å². The molecule has 178 valence electrons. The van der Waals surface area contributed by atoms with Crippen LogP contribution in [0.15, 0.2) is 36.4 Å². The molecule has 2 aliphatic rings. The van der Waals surface area contributed by atoms with Crippen molar-refractivity contribution in [2.24, 2.45) is 0 Å². The molecule has 0 saturated carbocycles. The molecule has 0 fully saturated rings. The molecule has 11 heteroatoms. The number of pyridine rings is 1. The quantitative estimate of drug-likeness (QED) is 0.625. The van der Waals surface area contributed by atoms with E-state index in [9.17, 15) is 18.0 Å². The highest BCUT2D eigenvalue weighted by atomic mass is 19.4. The lowest BCUT2D eigenvalue weighted by atomic mass is 9.99. The largest absolute Gasteiger partial charge is 0.491 e. The van der Waals surface area contributed by atoms with Crippen LogP contribution in [0, 0.1) is 0 Å². The molecule has 3 aromatic rings. The minimum atomic E-state index is -4.46. The number of hydrogen-bond acceptors (Lipinski definition) is 6. The first-order valence-corrected chi connectivity index (χ1v) is 10.7. The molecular formula is C23H21F3N4O4. The second kappa shape index (κ2) is 8.64. The van der Waals surface area contributed by atoms with Crippen LogP contribution in [0.25, 0.3) is 11.3 Å². The van der Waals surface area contributed by atoms with E-state index in [2.05, 4.69) is 15.4 Å². The summed E-state index contributed by atoms with van der Waals surface area (Å²) in [5.41, 5.74) is 1.56. The number of ether oxygens (including phenoxy) is 3. The standard InChI is InChI=1S/C23H21F3N4O4/c1-32-19-4-2-3-16(28-19)20-17-12-33-8-7-30(17)29-21(20)22(31)27-15-10-13-9-14(23(24,25)26)5-6-18(13)34-11-15/h2-6,9,15H,7-8,10-12H2,1H3,(H,27,31)/t15-/m1/s1. The van der Waals surface area contributed by atoms with Crippen LogP contribution < -0.4 is 14.8 Å². The summed E-state index contributed by atoms with van der Waals surface area (Å²) in [5, 5.41) is 7.35. The Hall–Kier alpha value is -3.60. The van der Waals surface area contributed by atoms with Crippen LogP contribution in [-0.2, 0) is 30.5 Å². The minimum Gasteiger partial charge on any atom is -0.491 e. The van der Waals surface area contributed by atoms with Gasteiger partial charge in [0.25, 0.3) is 5.91 Å². The van der Waals surface area contributed by atoms with Crippen molar-refractivity contribution < 1.29 is 32.2 Å². The van der Waals surface area contributed by atoms with Crippen molar-refractivity contribution >= 4 is 5.91 Å². The van der Waals surface area contributed by atoms with Crippen LogP contribution in [0.5, 0.6) is 11.6 Å². The van der Waals surface area contributed by atoms with E-state index in [1.165, 1.54) is 13.2 Å². The molecule has 2 aliphatic heterocycles. The van der Waals surface area contributed by atoms with Gasteiger partial charge in [0, 0.05) is 6.07 Å². The molecule has 34 heavy (non-hydrogen) atoms. The van der Waals surface area contributed by atoms with Gasteiger partial charge in [0.05, 0.1) is 55.4 Å². The van der Waals surface area contributed by atoms with Crippen molar-refractivity contribution in [2.75, 3.05) is 20.3 Å². The van der Waals surface area contributed by atoms with E-state index in [0.717, 1.165) is 17.8 Å². The van der Waals surface area contributed by atoms with Gasteiger partial charge in [0.1, 0.15) is 12.4 Å². The molecule has 2 aromatic heterocycles. The lowest BCUT2D eigenvalue weighted by Gasteiger charge is -2.26. The number of benzene rings is 1. The third kappa shape index (κ3) is 4.18. The number of methoxy groups -OCH3 is 1. The van der Waals surface area contributed by atoms with E-state index < -0.39 is 23.7 Å². The minimum absolute atomic E-state index is 0.132. The number of nitrogens with zero attached hydrogens (tertiary/aromatic N) is 3. The number of amides is 1. The number of carbonyl (C=O) groups is 1. The summed E-state index contributed by atoms with van der Waals surface area (Å²) in [7, 11) is 1.50. The molecule has 0 aliphatic carbocycles. The molecule has 1 atom stereocenters. The fraction of sp³-hybridized carbons (Fsp3) is 0.348. The molecule has 5 rings (SSSR count). The lowest BCUT2D eigenvalue weighted by molar-refractivity contribution is -0.137. The first-order valence-electron chi connectivity index (χ1n) is 10.7. The molecule has 8 nitrogen and oxygen atoms in total. The number of rotatable bonds is 4. The van der Waals surface area contributed by atoms with Crippen LogP contribution in [0.3, 0.4) is 0 Å². The van der Waals surface area contributed by atoms with Crippen LogP contribution >= 0.6 is 0 Å². The highest BCUT2D eigenvalue weighted by Gasteiger charge is 2.33. The van der Waals surface area contributed by atoms with Gasteiger partial charge in [-0.25, -0.2) is 4.98 Å². The van der Waals surface area contributed by atoms with E-state index in [0.29, 0.717) is 41.6 Å². The average molecular weight is 474 g/mol. The monoisotopic (exact) mass is 474 g/mol. The predicted octanol–water partition coefficient (Wildman–Crippen LogP) is 3.24. The smallest absolute Gasteiger partial charge is 0.416 e. The lowest BCUT2D eigenvalue weighted by Crippen LogP contribution is -2.43. The highest BCUT2D eigenvalue weighted by Crippen LogP contribution is 2.35. The SMILES string of the molecule is COc1cccc(-c2c(C(=O)N[C@H]3COc4ccc(C(F)(F)F)cc4C3)nn3c2COCC3)n1. The summed E-state index contributed by atoms with van der Waals surface area (Å²) >= 11 is 0. The number of aromatic nitrogens is 3. The van der Waals surface area contributed by atoms with E-state index in [1.54, 1.807) is 22.9 Å². The highest BCUT2D eigenvalue weighted by molar-refractivity contribution is 5.99. The Balaban J connectivity index is 1.43. The first-order chi connectivity index (χ1) is 16.3. The summed E-state index contributed by atoms with van der Waals surface area (Å²) in [6, 6.07) is 8.05. The van der Waals surface area contributed by atoms with Gasteiger partial charge in [-0.2, -0.15) is 18.3 Å². The topological polar surface area (TPSA) is 87.5 Å². The van der Waals surface area contributed by atoms with E-state index in [1.807, 2.05) is 0 Å². The predicted molar refractivity (Wildman–Crippen MR) is 114 cm³/mol. The van der Waals surface area contributed by atoms with Gasteiger partial charge < -0.3 is 19.5 Å². The fourth-order valence-corrected chi connectivity index (χ4v) is 4.16. The second-order valence-corrected chi connectivity index (χ2v) is 8.02. The molecule has 0 radical (unpaired) electrons. The van der Waals surface area contributed by atoms with Gasteiger partial charge in [-0.05, 0) is 36.2 Å². The molecule has 0 spiro atoms. The summed E-state index contributed by atoms with van der Waals surface area (Å²) in [6.07, 6.45) is -4.25. The Morgan fingerprint density at radius 1 is 1.26 bits per heavy atom. The van der Waals surface area contributed by atoms with Crippen molar-refractivity contribution in [1.82, 2.24) is 20.1 Å². The zero-order valence-electron chi connectivity index (χ0n) is 18.2. The summed E-state index contributed by atoms with van der Waals surface area (Å²) in [6.45, 7) is 1.36. The summed E-state index contributed by atoms with van der Waals surface area (Å²) < 4.78 is 57.5. The van der Waals surface area contributed by atoms with Gasteiger partial charge in [-0.15, -0.1) is 0 Å². The molecule has 1 N–H and O–H groups in total. The average Bonchev–Trinajstić information content (AvgIpc) is 3.23. The maximum absolute atomic E-state index is 13.3. The number of halogens is 3. The Morgan fingerprint density at radius 2 is 2.12 bits per heavy atom. The molecular weight excluding hydrogens is 453 g/mol.